The van der Waals surface area contributed by atoms with Gasteiger partial charge in [0.1, 0.15) is 21.9 Å². The minimum atomic E-state index is -2.92. The summed E-state index contributed by atoms with van der Waals surface area (Å²) in [7, 11) is 0. The zero-order valence-electron chi connectivity index (χ0n) is 10.7. The Balaban J connectivity index is 2.89. The van der Waals surface area contributed by atoms with Crippen molar-refractivity contribution < 1.29 is 18.1 Å². The van der Waals surface area contributed by atoms with Crippen molar-refractivity contribution in [1.82, 2.24) is 0 Å². The van der Waals surface area contributed by atoms with Gasteiger partial charge in [-0.2, -0.15) is 8.78 Å². The number of alkyl halides is 2. The monoisotopic (exact) mass is 309 g/mol. The highest BCUT2D eigenvalue weighted by Gasteiger charge is 2.25. The third-order valence-corrected chi connectivity index (χ3v) is 3.50. The SMILES string of the molecule is CC(C)(C)[S@@+]([O-])/N=C/c1cc(Cl)cc(OC(F)F)c1. The van der Waals surface area contributed by atoms with Gasteiger partial charge in [-0.1, -0.05) is 16.0 Å². The number of halogens is 3. The Hall–Kier alpha value is -0.850. The summed E-state index contributed by atoms with van der Waals surface area (Å²) in [5.74, 6) is -0.0644. The van der Waals surface area contributed by atoms with Crippen LogP contribution in [0.3, 0.4) is 0 Å². The first kappa shape index (κ1) is 16.2. The number of nitrogens with zero attached hydrogens (tertiary/aromatic N) is 1. The number of hydrogen-bond donors (Lipinski definition) is 0. The Bertz CT molecular complexity index is 464. The van der Waals surface area contributed by atoms with Gasteiger partial charge in [0.25, 0.3) is 0 Å². The van der Waals surface area contributed by atoms with Gasteiger partial charge < -0.3 is 9.29 Å². The molecule has 0 aromatic heterocycles. The van der Waals surface area contributed by atoms with Crippen molar-refractivity contribution >= 4 is 29.2 Å². The van der Waals surface area contributed by atoms with Gasteiger partial charge in [0, 0.05) is 10.6 Å². The van der Waals surface area contributed by atoms with E-state index in [1.165, 1.54) is 24.4 Å². The molecule has 0 radical (unpaired) electrons. The molecule has 0 aliphatic heterocycles. The first-order chi connectivity index (χ1) is 8.68. The second kappa shape index (κ2) is 6.54. The molecule has 0 unspecified atom stereocenters. The first-order valence-electron chi connectivity index (χ1n) is 5.40. The van der Waals surface area contributed by atoms with E-state index in [0.717, 1.165) is 0 Å². The van der Waals surface area contributed by atoms with Gasteiger partial charge in [0.05, 0.1) is 6.21 Å². The van der Waals surface area contributed by atoms with Gasteiger partial charge >= 0.3 is 6.61 Å². The van der Waals surface area contributed by atoms with Crippen LogP contribution in [0.15, 0.2) is 22.6 Å². The molecule has 19 heavy (non-hydrogen) atoms. The highest BCUT2D eigenvalue weighted by Crippen LogP contribution is 2.22. The van der Waals surface area contributed by atoms with Gasteiger partial charge in [-0.05, 0) is 39.0 Å². The van der Waals surface area contributed by atoms with Crippen LogP contribution >= 0.6 is 11.6 Å². The first-order valence-corrected chi connectivity index (χ1v) is 6.88. The third-order valence-electron chi connectivity index (χ3n) is 1.94. The fraction of sp³-hybridized carbons (Fsp3) is 0.417. The van der Waals surface area contributed by atoms with Crippen LogP contribution in [0.2, 0.25) is 5.02 Å². The maximum Gasteiger partial charge on any atom is 0.387 e. The summed E-state index contributed by atoms with van der Waals surface area (Å²) in [5, 5.41) is 0.237. The fourth-order valence-electron chi connectivity index (χ4n) is 1.10. The lowest BCUT2D eigenvalue weighted by atomic mass is 10.2. The molecule has 1 aromatic rings. The third kappa shape index (κ3) is 5.76. The van der Waals surface area contributed by atoms with Crippen molar-refractivity contribution in [3.8, 4) is 5.75 Å². The maximum absolute atomic E-state index is 12.1. The molecule has 0 N–H and O–H groups in total. The summed E-state index contributed by atoms with van der Waals surface area (Å²) in [5.41, 5.74) is 0.445. The molecule has 0 bridgehead atoms. The van der Waals surface area contributed by atoms with E-state index in [9.17, 15) is 13.3 Å². The molecule has 1 aromatic carbocycles. The lowest BCUT2D eigenvalue weighted by Crippen LogP contribution is -2.25. The Kier molecular flexibility index (Phi) is 5.58. The summed E-state index contributed by atoms with van der Waals surface area (Å²) < 4.78 is 43.6. The summed E-state index contributed by atoms with van der Waals surface area (Å²) in [6, 6.07) is 4.14. The molecule has 0 saturated heterocycles. The van der Waals surface area contributed by atoms with Crippen molar-refractivity contribution in [1.29, 1.82) is 0 Å². The molecule has 0 aliphatic rings. The van der Waals surface area contributed by atoms with Gasteiger partial charge in [0.2, 0.25) is 0 Å². The van der Waals surface area contributed by atoms with Crippen molar-refractivity contribution in [2.24, 2.45) is 4.40 Å². The molecule has 7 heteroatoms. The van der Waals surface area contributed by atoms with E-state index in [2.05, 4.69) is 9.13 Å². The molecule has 1 atom stereocenters. The molecule has 0 heterocycles. The second-order valence-electron chi connectivity index (χ2n) is 4.69. The Morgan fingerprint density at radius 2 is 2.00 bits per heavy atom. The zero-order chi connectivity index (χ0) is 14.6. The minimum absolute atomic E-state index is 0.0644. The smallest absolute Gasteiger partial charge is 0.387 e. The lowest BCUT2D eigenvalue weighted by Gasteiger charge is -2.17. The molecule has 0 aliphatic carbocycles. The van der Waals surface area contributed by atoms with Crippen LogP contribution in [-0.4, -0.2) is 22.1 Å². The molecule has 0 amide bonds. The van der Waals surface area contributed by atoms with E-state index in [4.69, 9.17) is 11.6 Å². The number of benzene rings is 1. The predicted molar refractivity (Wildman–Crippen MR) is 73.6 cm³/mol. The maximum atomic E-state index is 12.1. The summed E-state index contributed by atoms with van der Waals surface area (Å²) in [4.78, 5) is 0. The van der Waals surface area contributed by atoms with Gasteiger partial charge in [-0.15, -0.1) is 0 Å². The zero-order valence-corrected chi connectivity index (χ0v) is 12.3. The van der Waals surface area contributed by atoms with Crippen LogP contribution in [0.1, 0.15) is 26.3 Å². The van der Waals surface area contributed by atoms with Crippen LogP contribution in [-0.2, 0) is 11.4 Å². The van der Waals surface area contributed by atoms with E-state index in [0.29, 0.717) is 5.56 Å². The van der Waals surface area contributed by atoms with E-state index in [1.807, 2.05) is 0 Å². The quantitative estimate of drug-likeness (QED) is 0.627. The van der Waals surface area contributed by atoms with E-state index in [-0.39, 0.29) is 10.8 Å². The second-order valence-corrected chi connectivity index (χ2v) is 7.07. The number of hydrogen-bond acceptors (Lipinski definition) is 3. The molecule has 0 saturated carbocycles. The van der Waals surface area contributed by atoms with E-state index >= 15 is 0 Å². The van der Waals surface area contributed by atoms with Gasteiger partial charge in [-0.25, -0.2) is 0 Å². The molecular weight excluding hydrogens is 296 g/mol. The minimum Gasteiger partial charge on any atom is -0.591 e. The Morgan fingerprint density at radius 3 is 2.53 bits per heavy atom. The molecule has 3 nitrogen and oxygen atoms in total. The summed E-state index contributed by atoms with van der Waals surface area (Å²) in [6.45, 7) is 2.42. The van der Waals surface area contributed by atoms with Crippen LogP contribution in [0.4, 0.5) is 8.78 Å². The average Bonchev–Trinajstić information content (AvgIpc) is 2.22. The van der Waals surface area contributed by atoms with Crippen molar-refractivity contribution in [2.75, 3.05) is 0 Å². The van der Waals surface area contributed by atoms with Crippen molar-refractivity contribution in [2.45, 2.75) is 32.1 Å². The van der Waals surface area contributed by atoms with Gasteiger partial charge in [-0.3, -0.25) is 0 Å². The highest BCUT2D eigenvalue weighted by atomic mass is 35.5. The topological polar surface area (TPSA) is 44.7 Å². The van der Waals surface area contributed by atoms with Crippen LogP contribution in [0, 0.1) is 0 Å². The van der Waals surface area contributed by atoms with Crippen LogP contribution in [0.25, 0.3) is 0 Å². The molecule has 0 spiro atoms. The van der Waals surface area contributed by atoms with Crippen molar-refractivity contribution in [3.05, 3.63) is 28.8 Å². The fourth-order valence-corrected chi connectivity index (χ4v) is 1.86. The highest BCUT2D eigenvalue weighted by molar-refractivity contribution is 7.91. The van der Waals surface area contributed by atoms with Gasteiger partial charge in [0.15, 0.2) is 0 Å². The average molecular weight is 310 g/mol. The van der Waals surface area contributed by atoms with Crippen LogP contribution < -0.4 is 4.74 Å². The van der Waals surface area contributed by atoms with E-state index < -0.39 is 22.7 Å². The summed E-state index contributed by atoms with van der Waals surface area (Å²) in [6.07, 6.45) is 1.32. The predicted octanol–water partition coefficient (Wildman–Crippen LogP) is 3.82. The Morgan fingerprint density at radius 1 is 1.37 bits per heavy atom. The molecular formula is C12H14ClF2NO2S. The largest absolute Gasteiger partial charge is 0.591 e. The Labute approximate surface area is 118 Å². The number of ether oxygens (including phenoxy) is 1. The molecule has 1 rings (SSSR count). The molecule has 106 valence electrons. The standard InChI is InChI=1S/C12H14ClF2NO2S/c1-12(2,3)19(17)16-7-8-4-9(13)6-10(5-8)18-11(14)15/h4-7,11H,1-3H3/b16-7+/t19-/m1/s1. The number of rotatable bonds is 4. The van der Waals surface area contributed by atoms with Crippen molar-refractivity contribution in [3.63, 3.8) is 0 Å². The lowest BCUT2D eigenvalue weighted by molar-refractivity contribution is -0.0498. The van der Waals surface area contributed by atoms with E-state index in [1.54, 1.807) is 20.8 Å². The molecule has 0 fully saturated rings. The van der Waals surface area contributed by atoms with Crippen LogP contribution in [0.5, 0.6) is 5.75 Å². The summed E-state index contributed by atoms with van der Waals surface area (Å²) >= 11 is 4.35. The normalized spacial score (nSPS) is 14.1.